The number of carbonyl (C=O) groups is 1. The fraction of sp³-hybridized carbons (Fsp3) is 0.333. The van der Waals surface area contributed by atoms with Crippen LogP contribution >= 0.6 is 11.3 Å². The van der Waals surface area contributed by atoms with Crippen molar-refractivity contribution in [2.75, 3.05) is 17.2 Å². The zero-order valence-corrected chi connectivity index (χ0v) is 13.9. The van der Waals surface area contributed by atoms with Crippen molar-refractivity contribution >= 4 is 28.1 Å². The van der Waals surface area contributed by atoms with Crippen molar-refractivity contribution < 1.29 is 4.79 Å². The second kappa shape index (κ2) is 7.42. The van der Waals surface area contributed by atoms with Gasteiger partial charge in [-0.25, -0.2) is 4.98 Å². The second-order valence-electron chi connectivity index (χ2n) is 5.76. The molecule has 0 spiro atoms. The van der Waals surface area contributed by atoms with Crippen LogP contribution in [0.5, 0.6) is 0 Å². The van der Waals surface area contributed by atoms with Crippen LogP contribution in [0, 0.1) is 5.92 Å². The van der Waals surface area contributed by atoms with Gasteiger partial charge in [0.25, 0.3) is 0 Å². The molecule has 0 saturated heterocycles. The summed E-state index contributed by atoms with van der Waals surface area (Å²) in [5, 5.41) is 9.12. The molecule has 4 nitrogen and oxygen atoms in total. The molecule has 2 N–H and O–H groups in total. The molecular formula is C18H21N3OS. The van der Waals surface area contributed by atoms with Crippen molar-refractivity contribution in [1.29, 1.82) is 0 Å². The summed E-state index contributed by atoms with van der Waals surface area (Å²) in [7, 11) is 0. The molecule has 0 radical (unpaired) electrons. The lowest BCUT2D eigenvalue weighted by molar-refractivity contribution is -0.119. The van der Waals surface area contributed by atoms with Crippen LogP contribution in [0.2, 0.25) is 0 Å². The zero-order valence-electron chi connectivity index (χ0n) is 13.0. The van der Waals surface area contributed by atoms with E-state index in [2.05, 4.69) is 22.2 Å². The highest BCUT2D eigenvalue weighted by Gasteiger charge is 2.22. The van der Waals surface area contributed by atoms with Crippen LogP contribution in [0.25, 0.3) is 11.3 Å². The number of aromatic nitrogens is 1. The van der Waals surface area contributed by atoms with E-state index in [-0.39, 0.29) is 11.8 Å². The third-order valence-corrected chi connectivity index (χ3v) is 4.85. The van der Waals surface area contributed by atoms with Crippen LogP contribution in [-0.2, 0) is 4.79 Å². The number of anilines is 2. The fourth-order valence-corrected chi connectivity index (χ4v) is 3.57. The first-order chi connectivity index (χ1) is 11.3. The Morgan fingerprint density at radius 1 is 1.39 bits per heavy atom. The topological polar surface area (TPSA) is 54.0 Å². The maximum atomic E-state index is 12.2. The van der Waals surface area contributed by atoms with Crippen LogP contribution < -0.4 is 10.6 Å². The Hall–Kier alpha value is -2.14. The first kappa shape index (κ1) is 15.7. The van der Waals surface area contributed by atoms with Gasteiger partial charge in [0, 0.05) is 29.1 Å². The first-order valence-electron chi connectivity index (χ1n) is 7.98. The molecule has 3 rings (SSSR count). The lowest BCUT2D eigenvalue weighted by Crippen LogP contribution is -2.20. The average molecular weight is 327 g/mol. The fourth-order valence-electron chi connectivity index (χ4n) is 2.84. The molecule has 1 amide bonds. The van der Waals surface area contributed by atoms with Gasteiger partial charge in [0.05, 0.1) is 5.69 Å². The van der Waals surface area contributed by atoms with Crippen molar-refractivity contribution in [3.8, 4) is 11.3 Å². The summed E-state index contributed by atoms with van der Waals surface area (Å²) in [6, 6.07) is 7.88. The Balaban J connectivity index is 1.70. The molecule has 0 unspecified atom stereocenters. The van der Waals surface area contributed by atoms with Crippen LogP contribution in [0.3, 0.4) is 0 Å². The molecule has 0 aliphatic heterocycles. The summed E-state index contributed by atoms with van der Waals surface area (Å²) >= 11 is 1.57. The Bertz CT molecular complexity index is 689. The smallest absolute Gasteiger partial charge is 0.227 e. The maximum Gasteiger partial charge on any atom is 0.227 e. The summed E-state index contributed by atoms with van der Waals surface area (Å²) in [6.45, 7) is 4.39. The minimum Gasteiger partial charge on any atom is -0.358 e. The van der Waals surface area contributed by atoms with Crippen molar-refractivity contribution in [1.82, 2.24) is 4.98 Å². The van der Waals surface area contributed by atoms with Crippen molar-refractivity contribution in [3.63, 3.8) is 0 Å². The van der Waals surface area contributed by atoms with E-state index in [1.54, 1.807) is 17.4 Å². The minimum absolute atomic E-state index is 0.145. The SMILES string of the molecule is C=CCNc1nc(-c2cccc(NC(=O)C3CCCC3)c2)cs1. The molecule has 0 atom stereocenters. The largest absolute Gasteiger partial charge is 0.358 e. The summed E-state index contributed by atoms with van der Waals surface area (Å²) in [5.41, 5.74) is 2.77. The number of benzene rings is 1. The Labute approximate surface area is 140 Å². The molecule has 0 bridgehead atoms. The molecule has 1 aliphatic carbocycles. The van der Waals surface area contributed by atoms with Gasteiger partial charge in [0.2, 0.25) is 5.91 Å². The molecule has 23 heavy (non-hydrogen) atoms. The molecule has 1 saturated carbocycles. The molecule has 1 aliphatic rings. The van der Waals surface area contributed by atoms with Crippen molar-refractivity contribution in [2.24, 2.45) is 5.92 Å². The lowest BCUT2D eigenvalue weighted by Gasteiger charge is -2.11. The number of carbonyl (C=O) groups excluding carboxylic acids is 1. The number of amides is 1. The standard InChI is InChI=1S/C18H21N3OS/c1-2-10-19-18-21-16(12-23-18)14-8-5-9-15(11-14)20-17(22)13-6-3-4-7-13/h2,5,8-9,11-13H,1,3-4,6-7,10H2,(H,19,21)(H,20,22). The van der Waals surface area contributed by atoms with Gasteiger partial charge >= 0.3 is 0 Å². The van der Waals surface area contributed by atoms with Gasteiger partial charge in [-0.3, -0.25) is 4.79 Å². The lowest BCUT2D eigenvalue weighted by atomic mass is 10.1. The highest BCUT2D eigenvalue weighted by atomic mass is 32.1. The number of rotatable bonds is 6. The number of thiazole rings is 1. The molecule has 2 aromatic rings. The highest BCUT2D eigenvalue weighted by molar-refractivity contribution is 7.14. The Morgan fingerprint density at radius 2 is 2.22 bits per heavy atom. The third kappa shape index (κ3) is 3.99. The summed E-state index contributed by atoms with van der Waals surface area (Å²) in [5.74, 6) is 0.318. The van der Waals surface area contributed by atoms with Gasteiger partial charge in [-0.1, -0.05) is 31.1 Å². The third-order valence-electron chi connectivity index (χ3n) is 4.05. The number of nitrogens with zero attached hydrogens (tertiary/aromatic N) is 1. The minimum atomic E-state index is 0.145. The van der Waals surface area contributed by atoms with Crippen molar-refractivity contribution in [2.45, 2.75) is 25.7 Å². The van der Waals surface area contributed by atoms with Gasteiger partial charge in [-0.15, -0.1) is 17.9 Å². The Morgan fingerprint density at radius 3 is 3.00 bits per heavy atom. The molecule has 1 aromatic heterocycles. The van der Waals surface area contributed by atoms with Crippen LogP contribution in [0.4, 0.5) is 10.8 Å². The van der Waals surface area contributed by atoms with Gasteiger partial charge < -0.3 is 10.6 Å². The monoisotopic (exact) mass is 327 g/mol. The molecule has 1 heterocycles. The van der Waals surface area contributed by atoms with Gasteiger partial charge in [-0.2, -0.15) is 0 Å². The number of nitrogens with one attached hydrogen (secondary N) is 2. The van der Waals surface area contributed by atoms with E-state index in [1.807, 2.05) is 29.6 Å². The Kier molecular flexibility index (Phi) is 5.08. The first-order valence-corrected chi connectivity index (χ1v) is 8.86. The summed E-state index contributed by atoms with van der Waals surface area (Å²) < 4.78 is 0. The number of hydrogen-bond donors (Lipinski definition) is 2. The second-order valence-corrected chi connectivity index (χ2v) is 6.62. The number of hydrogen-bond acceptors (Lipinski definition) is 4. The molecular weight excluding hydrogens is 306 g/mol. The predicted molar refractivity (Wildman–Crippen MR) is 96.8 cm³/mol. The van der Waals surface area contributed by atoms with E-state index in [9.17, 15) is 4.79 Å². The van der Waals surface area contributed by atoms with Gasteiger partial charge in [-0.05, 0) is 25.0 Å². The van der Waals surface area contributed by atoms with Gasteiger partial charge in [0.15, 0.2) is 5.13 Å². The highest BCUT2D eigenvalue weighted by Crippen LogP contribution is 2.29. The van der Waals surface area contributed by atoms with Gasteiger partial charge in [0.1, 0.15) is 0 Å². The van der Waals surface area contributed by atoms with Crippen LogP contribution in [0.15, 0.2) is 42.3 Å². The van der Waals surface area contributed by atoms with E-state index in [1.165, 1.54) is 0 Å². The van der Waals surface area contributed by atoms with E-state index < -0.39 is 0 Å². The van der Waals surface area contributed by atoms with E-state index in [0.717, 1.165) is 47.8 Å². The van der Waals surface area contributed by atoms with Crippen LogP contribution in [0.1, 0.15) is 25.7 Å². The quantitative estimate of drug-likeness (QED) is 0.766. The molecule has 120 valence electrons. The van der Waals surface area contributed by atoms with Crippen LogP contribution in [-0.4, -0.2) is 17.4 Å². The van der Waals surface area contributed by atoms with E-state index in [0.29, 0.717) is 6.54 Å². The predicted octanol–water partition coefficient (Wildman–Crippen LogP) is 4.54. The summed E-state index contributed by atoms with van der Waals surface area (Å²) in [6.07, 6.45) is 6.15. The molecule has 5 heteroatoms. The van der Waals surface area contributed by atoms with E-state index >= 15 is 0 Å². The van der Waals surface area contributed by atoms with E-state index in [4.69, 9.17) is 0 Å². The normalized spacial score (nSPS) is 14.6. The zero-order chi connectivity index (χ0) is 16.1. The summed E-state index contributed by atoms with van der Waals surface area (Å²) in [4.78, 5) is 16.8. The van der Waals surface area contributed by atoms with Crippen molar-refractivity contribution in [3.05, 3.63) is 42.3 Å². The average Bonchev–Trinajstić information content (AvgIpc) is 3.25. The molecule has 1 aromatic carbocycles. The molecule has 1 fully saturated rings. The maximum absolute atomic E-state index is 12.2.